The molecule has 0 bridgehead atoms. The van der Waals surface area contributed by atoms with E-state index in [-0.39, 0.29) is 5.78 Å². The second kappa shape index (κ2) is 7.16. The summed E-state index contributed by atoms with van der Waals surface area (Å²) < 4.78 is 0. The van der Waals surface area contributed by atoms with Gasteiger partial charge in [0.15, 0.2) is 0 Å². The van der Waals surface area contributed by atoms with E-state index in [2.05, 4.69) is 20.8 Å². The molecule has 3 heteroatoms. The predicted octanol–water partition coefficient (Wildman–Crippen LogP) is 5.18. The molecule has 0 fully saturated rings. The highest BCUT2D eigenvalue weighted by Crippen LogP contribution is 2.26. The average molecular weight is 287 g/mol. The van der Waals surface area contributed by atoms with Gasteiger partial charge in [-0.1, -0.05) is 50.0 Å². The van der Waals surface area contributed by atoms with Crippen LogP contribution in [0.25, 0.3) is 0 Å². The van der Waals surface area contributed by atoms with Crippen LogP contribution in [0.15, 0.2) is 18.2 Å². The molecule has 1 nitrogen and oxygen atoms in total. The Balaban J connectivity index is 2.60. The fourth-order valence-electron chi connectivity index (χ4n) is 2.25. The van der Waals surface area contributed by atoms with Crippen molar-refractivity contribution in [2.45, 2.75) is 40.0 Å². The Kier molecular flexibility index (Phi) is 6.17. The highest BCUT2D eigenvalue weighted by atomic mass is 35.5. The number of ketones is 1. The Morgan fingerprint density at radius 2 is 1.72 bits per heavy atom. The monoisotopic (exact) mass is 286 g/mol. The number of carbonyl (C=O) groups is 1. The van der Waals surface area contributed by atoms with Crippen LogP contribution >= 0.6 is 23.2 Å². The summed E-state index contributed by atoms with van der Waals surface area (Å²) in [7, 11) is 0. The molecule has 18 heavy (non-hydrogen) atoms. The van der Waals surface area contributed by atoms with Gasteiger partial charge in [-0.15, -0.1) is 0 Å². The van der Waals surface area contributed by atoms with Crippen molar-refractivity contribution < 1.29 is 4.79 Å². The van der Waals surface area contributed by atoms with E-state index in [0.29, 0.717) is 34.7 Å². The van der Waals surface area contributed by atoms with Crippen LogP contribution < -0.4 is 0 Å². The molecule has 100 valence electrons. The van der Waals surface area contributed by atoms with Gasteiger partial charge < -0.3 is 0 Å². The highest BCUT2D eigenvalue weighted by Gasteiger charge is 2.14. The van der Waals surface area contributed by atoms with Crippen LogP contribution in [-0.2, 0) is 11.2 Å². The molecule has 0 heterocycles. The number of Topliss-reactive ketones (excluding diaryl/α,β-unsaturated/α-hetero) is 1. The van der Waals surface area contributed by atoms with Gasteiger partial charge in [-0.05, 0) is 36.0 Å². The minimum absolute atomic E-state index is 0.207. The number of benzene rings is 1. The minimum Gasteiger partial charge on any atom is -0.299 e. The number of halogens is 2. The number of carbonyl (C=O) groups excluding carboxylic acids is 1. The van der Waals surface area contributed by atoms with E-state index < -0.39 is 0 Å². The van der Waals surface area contributed by atoms with E-state index in [0.717, 1.165) is 12.0 Å². The van der Waals surface area contributed by atoms with Gasteiger partial charge in [0.25, 0.3) is 0 Å². The van der Waals surface area contributed by atoms with Crippen LogP contribution in [0.4, 0.5) is 0 Å². The first-order chi connectivity index (χ1) is 8.40. The fraction of sp³-hybridized carbons (Fsp3) is 0.533. The molecule has 0 saturated carbocycles. The summed E-state index contributed by atoms with van der Waals surface area (Å²) in [6.45, 7) is 6.46. The molecular formula is C15H20Cl2O. The van der Waals surface area contributed by atoms with Crippen molar-refractivity contribution in [2.75, 3.05) is 0 Å². The molecular weight excluding hydrogens is 267 g/mol. The van der Waals surface area contributed by atoms with E-state index in [1.54, 1.807) is 18.2 Å². The van der Waals surface area contributed by atoms with Gasteiger partial charge in [-0.3, -0.25) is 4.79 Å². The van der Waals surface area contributed by atoms with Gasteiger partial charge in [-0.25, -0.2) is 0 Å². The molecule has 1 unspecified atom stereocenters. The molecule has 0 N–H and O–H groups in total. The second-order valence-corrected chi connectivity index (χ2v) is 6.17. The smallest absolute Gasteiger partial charge is 0.137 e. The van der Waals surface area contributed by atoms with Crippen LogP contribution in [0, 0.1) is 11.8 Å². The fourth-order valence-corrected chi connectivity index (χ4v) is 2.78. The Morgan fingerprint density at radius 3 is 2.22 bits per heavy atom. The van der Waals surface area contributed by atoms with Gasteiger partial charge in [-0.2, -0.15) is 0 Å². The Labute approximate surface area is 119 Å². The van der Waals surface area contributed by atoms with E-state index in [1.807, 2.05) is 0 Å². The first-order valence-electron chi connectivity index (χ1n) is 6.34. The summed E-state index contributed by atoms with van der Waals surface area (Å²) >= 11 is 12.1. The quantitative estimate of drug-likeness (QED) is 0.704. The molecule has 1 rings (SSSR count). The van der Waals surface area contributed by atoms with E-state index >= 15 is 0 Å². The Morgan fingerprint density at radius 1 is 1.17 bits per heavy atom. The average Bonchev–Trinajstić information content (AvgIpc) is 2.22. The largest absolute Gasteiger partial charge is 0.299 e. The third kappa shape index (κ3) is 4.99. The first kappa shape index (κ1) is 15.5. The summed E-state index contributed by atoms with van der Waals surface area (Å²) in [5, 5.41) is 1.15. The van der Waals surface area contributed by atoms with Gasteiger partial charge in [0.2, 0.25) is 0 Å². The second-order valence-electron chi connectivity index (χ2n) is 5.35. The maximum atomic E-state index is 12.0. The van der Waals surface area contributed by atoms with Crippen molar-refractivity contribution in [3.8, 4) is 0 Å². The normalized spacial score (nSPS) is 12.8. The Hall–Kier alpha value is -0.530. The van der Waals surface area contributed by atoms with Gasteiger partial charge in [0.1, 0.15) is 5.78 Å². The van der Waals surface area contributed by atoms with E-state index in [4.69, 9.17) is 23.2 Å². The summed E-state index contributed by atoms with van der Waals surface area (Å²) in [6.07, 6.45) is 2.00. The third-order valence-corrected chi connectivity index (χ3v) is 3.59. The van der Waals surface area contributed by atoms with E-state index in [1.165, 1.54) is 0 Å². The highest BCUT2D eigenvalue weighted by molar-refractivity contribution is 6.36. The van der Waals surface area contributed by atoms with Gasteiger partial charge in [0.05, 0.1) is 0 Å². The van der Waals surface area contributed by atoms with Crippen molar-refractivity contribution in [1.29, 1.82) is 0 Å². The van der Waals surface area contributed by atoms with E-state index in [9.17, 15) is 4.79 Å². The SMILES string of the molecule is CC(C)CC(C)CC(=O)Cc1c(Cl)cccc1Cl. The van der Waals surface area contributed by atoms with Crippen molar-refractivity contribution in [2.24, 2.45) is 11.8 Å². The number of hydrogen-bond donors (Lipinski definition) is 0. The summed E-state index contributed by atoms with van der Waals surface area (Å²) in [5.41, 5.74) is 0.752. The zero-order valence-electron chi connectivity index (χ0n) is 11.2. The molecule has 1 atom stereocenters. The lowest BCUT2D eigenvalue weighted by Crippen LogP contribution is -2.10. The maximum Gasteiger partial charge on any atom is 0.137 e. The first-order valence-corrected chi connectivity index (χ1v) is 7.10. The lowest BCUT2D eigenvalue weighted by atomic mass is 9.92. The van der Waals surface area contributed by atoms with Crippen molar-refractivity contribution in [1.82, 2.24) is 0 Å². The van der Waals surface area contributed by atoms with Crippen LogP contribution in [0.1, 0.15) is 39.2 Å². The van der Waals surface area contributed by atoms with Gasteiger partial charge >= 0.3 is 0 Å². The molecule has 0 aliphatic carbocycles. The molecule has 0 saturated heterocycles. The van der Waals surface area contributed by atoms with Crippen LogP contribution in [0.5, 0.6) is 0 Å². The molecule has 0 radical (unpaired) electrons. The standard InChI is InChI=1S/C15H20Cl2O/c1-10(2)7-11(3)8-12(18)9-13-14(16)5-4-6-15(13)17/h4-6,10-11H,7-9H2,1-3H3. The number of rotatable bonds is 6. The zero-order chi connectivity index (χ0) is 13.7. The molecule has 0 aromatic heterocycles. The van der Waals surface area contributed by atoms with Crippen LogP contribution in [-0.4, -0.2) is 5.78 Å². The molecule has 1 aromatic rings. The lowest BCUT2D eigenvalue weighted by molar-refractivity contribution is -0.119. The molecule has 0 spiro atoms. The maximum absolute atomic E-state index is 12.0. The van der Waals surface area contributed by atoms with Crippen LogP contribution in [0.3, 0.4) is 0 Å². The topological polar surface area (TPSA) is 17.1 Å². The summed E-state index contributed by atoms with van der Waals surface area (Å²) in [6, 6.07) is 5.33. The summed E-state index contributed by atoms with van der Waals surface area (Å²) in [4.78, 5) is 12.0. The van der Waals surface area contributed by atoms with Crippen molar-refractivity contribution >= 4 is 29.0 Å². The third-order valence-electron chi connectivity index (χ3n) is 2.89. The molecule has 0 aliphatic rings. The Bertz CT molecular complexity index is 393. The molecule has 0 amide bonds. The summed E-state index contributed by atoms with van der Waals surface area (Å²) in [5.74, 6) is 1.24. The lowest BCUT2D eigenvalue weighted by Gasteiger charge is -2.13. The van der Waals surface area contributed by atoms with Gasteiger partial charge in [0, 0.05) is 22.9 Å². The van der Waals surface area contributed by atoms with Crippen LogP contribution in [0.2, 0.25) is 10.0 Å². The zero-order valence-corrected chi connectivity index (χ0v) is 12.7. The number of hydrogen-bond acceptors (Lipinski definition) is 1. The van der Waals surface area contributed by atoms with Crippen molar-refractivity contribution in [3.05, 3.63) is 33.8 Å². The van der Waals surface area contributed by atoms with Crippen molar-refractivity contribution in [3.63, 3.8) is 0 Å². The molecule has 0 aliphatic heterocycles. The minimum atomic E-state index is 0.207. The molecule has 1 aromatic carbocycles. The predicted molar refractivity (Wildman–Crippen MR) is 78.4 cm³/mol.